The number of carboxylic acids is 1. The van der Waals surface area contributed by atoms with E-state index in [2.05, 4.69) is 19.0 Å². The molecule has 9 heteroatoms. The van der Waals surface area contributed by atoms with Crippen LogP contribution in [0.25, 0.3) is 11.0 Å². The lowest BCUT2D eigenvalue weighted by Gasteiger charge is -2.09. The Kier molecular flexibility index (Phi) is 3.62. The van der Waals surface area contributed by atoms with Crippen molar-refractivity contribution in [3.8, 4) is 0 Å². The number of pyridine rings is 1. The van der Waals surface area contributed by atoms with Gasteiger partial charge in [-0.15, -0.1) is 0 Å². The number of nitrogens with one attached hydrogen (secondary N) is 1. The summed E-state index contributed by atoms with van der Waals surface area (Å²) in [6.45, 7) is 0. The molecule has 2 heterocycles. The van der Waals surface area contributed by atoms with Gasteiger partial charge in [0.1, 0.15) is 16.9 Å². The Bertz CT molecular complexity index is 852. The Hall–Kier alpha value is -1.96. The van der Waals surface area contributed by atoms with E-state index in [1.807, 2.05) is 0 Å². The van der Waals surface area contributed by atoms with Gasteiger partial charge in [0, 0.05) is 0 Å². The molecule has 0 unspecified atom stereocenters. The molecule has 0 amide bonds. The standard InChI is InChI=1S/C12H6Cl2N4O2S/c13-5-1-3-7-11(18-21-17-7)9(5)15-8-4-2-6(14)10(16-8)12(19)20/h1-4H,(H,15,16)(H,19,20). The third-order valence-corrected chi connectivity index (χ3v) is 3.84. The molecule has 3 aromatic rings. The molecular formula is C12H6Cl2N4O2S. The largest absolute Gasteiger partial charge is 0.476 e. The maximum absolute atomic E-state index is 11.0. The van der Waals surface area contributed by atoms with E-state index in [1.54, 1.807) is 18.2 Å². The molecule has 0 aliphatic rings. The van der Waals surface area contributed by atoms with Crippen LogP contribution in [-0.4, -0.2) is 24.8 Å². The Labute approximate surface area is 132 Å². The summed E-state index contributed by atoms with van der Waals surface area (Å²) in [7, 11) is 0. The molecule has 0 saturated heterocycles. The van der Waals surface area contributed by atoms with E-state index in [1.165, 1.54) is 6.07 Å². The normalized spacial score (nSPS) is 10.8. The highest BCUT2D eigenvalue weighted by Gasteiger charge is 2.14. The number of anilines is 2. The van der Waals surface area contributed by atoms with Gasteiger partial charge in [0.2, 0.25) is 0 Å². The molecule has 0 fully saturated rings. The van der Waals surface area contributed by atoms with E-state index in [4.69, 9.17) is 28.3 Å². The average Bonchev–Trinajstić information content (AvgIpc) is 2.92. The topological polar surface area (TPSA) is 88.0 Å². The van der Waals surface area contributed by atoms with Gasteiger partial charge in [0.05, 0.1) is 27.5 Å². The van der Waals surface area contributed by atoms with E-state index < -0.39 is 5.97 Å². The molecule has 0 spiro atoms. The van der Waals surface area contributed by atoms with E-state index >= 15 is 0 Å². The minimum absolute atomic E-state index is 0.0627. The fourth-order valence-electron chi connectivity index (χ4n) is 1.74. The molecule has 21 heavy (non-hydrogen) atoms. The van der Waals surface area contributed by atoms with Gasteiger partial charge in [-0.25, -0.2) is 9.78 Å². The highest BCUT2D eigenvalue weighted by atomic mass is 35.5. The van der Waals surface area contributed by atoms with E-state index in [-0.39, 0.29) is 10.7 Å². The Morgan fingerprint density at radius 3 is 2.67 bits per heavy atom. The monoisotopic (exact) mass is 340 g/mol. The third kappa shape index (κ3) is 2.63. The zero-order valence-electron chi connectivity index (χ0n) is 10.2. The number of benzene rings is 1. The molecule has 0 aliphatic heterocycles. The van der Waals surface area contributed by atoms with Crippen LogP contribution in [0.1, 0.15) is 10.5 Å². The van der Waals surface area contributed by atoms with Crippen molar-refractivity contribution in [3.05, 3.63) is 40.0 Å². The Morgan fingerprint density at radius 2 is 1.90 bits per heavy atom. The number of fused-ring (bicyclic) bond motifs is 1. The zero-order chi connectivity index (χ0) is 15.0. The van der Waals surface area contributed by atoms with Crippen LogP contribution >= 0.6 is 34.9 Å². The van der Waals surface area contributed by atoms with Crippen molar-refractivity contribution in [2.45, 2.75) is 0 Å². The van der Waals surface area contributed by atoms with Crippen LogP contribution in [0, 0.1) is 0 Å². The fraction of sp³-hybridized carbons (Fsp3) is 0. The molecule has 1 aromatic carbocycles. The van der Waals surface area contributed by atoms with Crippen LogP contribution < -0.4 is 5.32 Å². The first-order valence-electron chi connectivity index (χ1n) is 5.64. The molecule has 2 aromatic heterocycles. The van der Waals surface area contributed by atoms with Gasteiger partial charge < -0.3 is 10.4 Å². The molecule has 0 atom stereocenters. The van der Waals surface area contributed by atoms with Crippen molar-refractivity contribution < 1.29 is 9.90 Å². The second kappa shape index (κ2) is 5.44. The predicted octanol–water partition coefficient (Wildman–Crippen LogP) is 3.83. The summed E-state index contributed by atoms with van der Waals surface area (Å²) in [5, 5.41) is 12.5. The summed E-state index contributed by atoms with van der Waals surface area (Å²) in [5.41, 5.74) is 1.58. The first-order valence-corrected chi connectivity index (χ1v) is 7.12. The van der Waals surface area contributed by atoms with Gasteiger partial charge in [0.25, 0.3) is 0 Å². The lowest BCUT2D eigenvalue weighted by atomic mass is 10.2. The van der Waals surface area contributed by atoms with Gasteiger partial charge in [-0.1, -0.05) is 23.2 Å². The first kappa shape index (κ1) is 14.0. The van der Waals surface area contributed by atoms with Crippen LogP contribution in [0.4, 0.5) is 11.5 Å². The van der Waals surface area contributed by atoms with E-state index in [0.29, 0.717) is 27.6 Å². The molecule has 106 valence electrons. The molecule has 0 radical (unpaired) electrons. The average molecular weight is 341 g/mol. The van der Waals surface area contributed by atoms with Crippen LogP contribution in [0.2, 0.25) is 10.0 Å². The minimum atomic E-state index is -1.21. The number of halogens is 2. The molecule has 6 nitrogen and oxygen atoms in total. The highest BCUT2D eigenvalue weighted by Crippen LogP contribution is 2.32. The summed E-state index contributed by atoms with van der Waals surface area (Å²) in [5.74, 6) is -0.900. The SMILES string of the molecule is O=C(O)c1nc(Nc2c(Cl)ccc3nsnc23)ccc1Cl. The number of nitrogens with zero attached hydrogens (tertiary/aromatic N) is 3. The molecule has 0 bridgehead atoms. The summed E-state index contributed by atoms with van der Waals surface area (Å²) < 4.78 is 8.28. The number of hydrogen-bond donors (Lipinski definition) is 2. The van der Waals surface area contributed by atoms with Crippen molar-refractivity contribution in [3.63, 3.8) is 0 Å². The van der Waals surface area contributed by atoms with Gasteiger partial charge in [-0.3, -0.25) is 0 Å². The van der Waals surface area contributed by atoms with Crippen molar-refractivity contribution in [1.82, 2.24) is 13.7 Å². The predicted molar refractivity (Wildman–Crippen MR) is 81.9 cm³/mol. The fourth-order valence-corrected chi connectivity index (χ4v) is 2.66. The molecule has 0 saturated carbocycles. The highest BCUT2D eigenvalue weighted by molar-refractivity contribution is 7.00. The first-order chi connectivity index (χ1) is 10.1. The quantitative estimate of drug-likeness (QED) is 0.753. The Balaban J connectivity index is 2.06. The Morgan fingerprint density at radius 1 is 1.14 bits per heavy atom. The molecular weight excluding hydrogens is 335 g/mol. The second-order valence-electron chi connectivity index (χ2n) is 4.01. The summed E-state index contributed by atoms with van der Waals surface area (Å²) in [4.78, 5) is 15.0. The van der Waals surface area contributed by atoms with Crippen molar-refractivity contribution >= 4 is 63.4 Å². The number of carboxylic acid groups (broad SMARTS) is 1. The summed E-state index contributed by atoms with van der Waals surface area (Å²) >= 11 is 13.0. The van der Waals surface area contributed by atoms with Gasteiger partial charge in [-0.2, -0.15) is 8.75 Å². The smallest absolute Gasteiger partial charge is 0.356 e. The molecule has 0 aliphatic carbocycles. The maximum atomic E-state index is 11.0. The van der Waals surface area contributed by atoms with Crippen LogP contribution in [0.15, 0.2) is 24.3 Å². The van der Waals surface area contributed by atoms with E-state index in [0.717, 1.165) is 11.7 Å². The molecule has 3 rings (SSSR count). The summed E-state index contributed by atoms with van der Waals surface area (Å²) in [6.07, 6.45) is 0. The number of hydrogen-bond acceptors (Lipinski definition) is 6. The van der Waals surface area contributed by atoms with Crippen molar-refractivity contribution in [1.29, 1.82) is 0 Å². The maximum Gasteiger partial charge on any atom is 0.356 e. The number of aromatic nitrogens is 3. The summed E-state index contributed by atoms with van der Waals surface area (Å²) in [6, 6.07) is 6.45. The van der Waals surface area contributed by atoms with Gasteiger partial charge in [-0.05, 0) is 24.3 Å². The zero-order valence-corrected chi connectivity index (χ0v) is 12.5. The third-order valence-electron chi connectivity index (χ3n) is 2.68. The van der Waals surface area contributed by atoms with Crippen LogP contribution in [-0.2, 0) is 0 Å². The van der Waals surface area contributed by atoms with Gasteiger partial charge in [0.15, 0.2) is 5.69 Å². The number of carbonyl (C=O) groups is 1. The van der Waals surface area contributed by atoms with E-state index in [9.17, 15) is 4.79 Å². The number of rotatable bonds is 3. The minimum Gasteiger partial charge on any atom is -0.476 e. The lowest BCUT2D eigenvalue weighted by Crippen LogP contribution is -2.04. The number of aromatic carboxylic acids is 1. The van der Waals surface area contributed by atoms with Crippen molar-refractivity contribution in [2.75, 3.05) is 5.32 Å². The van der Waals surface area contributed by atoms with Crippen molar-refractivity contribution in [2.24, 2.45) is 0 Å². The molecule has 2 N–H and O–H groups in total. The second-order valence-corrected chi connectivity index (χ2v) is 5.35. The lowest BCUT2D eigenvalue weighted by molar-refractivity contribution is 0.0691. The van der Waals surface area contributed by atoms with Crippen LogP contribution in [0.5, 0.6) is 0 Å². The van der Waals surface area contributed by atoms with Crippen LogP contribution in [0.3, 0.4) is 0 Å². The van der Waals surface area contributed by atoms with Gasteiger partial charge >= 0.3 is 5.97 Å².